The fourth-order valence-electron chi connectivity index (χ4n) is 3.16. The second-order valence-electron chi connectivity index (χ2n) is 6.40. The summed E-state index contributed by atoms with van der Waals surface area (Å²) in [5.74, 6) is -0.824. The molecular formula is C20H14F3N5O3. The fourth-order valence-corrected chi connectivity index (χ4v) is 3.16. The van der Waals surface area contributed by atoms with Crippen molar-refractivity contribution >= 4 is 22.4 Å². The van der Waals surface area contributed by atoms with Crippen LogP contribution in [-0.4, -0.2) is 32.8 Å². The number of rotatable bonds is 4. The molecule has 1 amide bonds. The highest BCUT2D eigenvalue weighted by Crippen LogP contribution is 2.35. The molecule has 0 spiro atoms. The summed E-state index contributed by atoms with van der Waals surface area (Å²) in [5.41, 5.74) is -2.18. The molecule has 158 valence electrons. The second-order valence-corrected chi connectivity index (χ2v) is 6.40. The number of hydrogen-bond donors (Lipinski definition) is 2. The van der Waals surface area contributed by atoms with Gasteiger partial charge in [0.25, 0.3) is 11.5 Å². The van der Waals surface area contributed by atoms with E-state index in [1.54, 1.807) is 0 Å². The maximum atomic E-state index is 14.0. The molecular weight excluding hydrogens is 415 g/mol. The molecule has 1 aromatic carbocycles. The third-order valence-electron chi connectivity index (χ3n) is 4.50. The molecule has 0 radical (unpaired) electrons. The highest BCUT2D eigenvalue weighted by atomic mass is 19.4. The zero-order chi connectivity index (χ0) is 22.2. The molecule has 0 aliphatic rings. The summed E-state index contributed by atoms with van der Waals surface area (Å²) < 4.78 is 47.5. The standard InChI is InChI=1S/C20H14F3N5O3/c1-31-16-9-11(5-7-24-16)27-19(30)14-10-26-28(17(14)20(21,22)23)15-4-2-3-13-12(15)6-8-25-18(13)29/h2-10H,1H3,(H,25,29)(H,24,27,30). The number of anilines is 1. The molecule has 3 heterocycles. The second kappa shape index (κ2) is 7.59. The Morgan fingerprint density at radius 1 is 1.19 bits per heavy atom. The molecule has 0 aliphatic heterocycles. The first-order chi connectivity index (χ1) is 14.8. The van der Waals surface area contributed by atoms with Crippen molar-refractivity contribution in [2.24, 2.45) is 0 Å². The summed E-state index contributed by atoms with van der Waals surface area (Å²) in [6, 6.07) is 8.56. The highest BCUT2D eigenvalue weighted by Gasteiger charge is 2.41. The van der Waals surface area contributed by atoms with Crippen LogP contribution in [0, 0.1) is 0 Å². The first kappa shape index (κ1) is 20.1. The van der Waals surface area contributed by atoms with Gasteiger partial charge in [0, 0.05) is 34.9 Å². The number of aromatic nitrogens is 4. The maximum absolute atomic E-state index is 14.0. The van der Waals surface area contributed by atoms with Crippen LogP contribution in [0.2, 0.25) is 0 Å². The molecule has 31 heavy (non-hydrogen) atoms. The number of alkyl halides is 3. The average molecular weight is 429 g/mol. The Bertz CT molecular complexity index is 1340. The number of benzene rings is 1. The molecule has 0 atom stereocenters. The zero-order valence-electron chi connectivity index (χ0n) is 15.9. The summed E-state index contributed by atoms with van der Waals surface area (Å²) in [5, 5.41) is 6.65. The van der Waals surface area contributed by atoms with Crippen LogP contribution < -0.4 is 15.6 Å². The minimum atomic E-state index is -4.90. The van der Waals surface area contributed by atoms with Crippen molar-refractivity contribution in [2.45, 2.75) is 6.18 Å². The average Bonchev–Trinajstić information content (AvgIpc) is 3.20. The normalized spacial score (nSPS) is 11.5. The van der Waals surface area contributed by atoms with Gasteiger partial charge >= 0.3 is 6.18 Å². The number of amides is 1. The van der Waals surface area contributed by atoms with Crippen LogP contribution in [0.3, 0.4) is 0 Å². The van der Waals surface area contributed by atoms with E-state index >= 15 is 0 Å². The van der Waals surface area contributed by atoms with Crippen LogP contribution in [0.1, 0.15) is 16.1 Å². The molecule has 0 fully saturated rings. The minimum Gasteiger partial charge on any atom is -0.481 e. The molecule has 4 aromatic rings. The number of methoxy groups -OCH3 is 1. The summed E-state index contributed by atoms with van der Waals surface area (Å²) >= 11 is 0. The summed E-state index contributed by atoms with van der Waals surface area (Å²) in [4.78, 5) is 31.0. The van der Waals surface area contributed by atoms with E-state index < -0.39 is 28.9 Å². The number of hydrogen-bond acceptors (Lipinski definition) is 5. The van der Waals surface area contributed by atoms with Crippen molar-refractivity contribution in [3.8, 4) is 11.6 Å². The largest absolute Gasteiger partial charge is 0.481 e. The third kappa shape index (κ3) is 3.72. The topological polar surface area (TPSA) is 102 Å². The van der Waals surface area contributed by atoms with Crippen LogP contribution in [0.4, 0.5) is 18.9 Å². The number of aromatic amines is 1. The number of nitrogens with zero attached hydrogens (tertiary/aromatic N) is 3. The van der Waals surface area contributed by atoms with Gasteiger partial charge in [-0.15, -0.1) is 0 Å². The van der Waals surface area contributed by atoms with Gasteiger partial charge in [-0.25, -0.2) is 9.67 Å². The monoisotopic (exact) mass is 429 g/mol. The molecule has 8 nitrogen and oxygen atoms in total. The van der Waals surface area contributed by atoms with Gasteiger partial charge in [-0.2, -0.15) is 18.3 Å². The molecule has 2 N–H and O–H groups in total. The van der Waals surface area contributed by atoms with E-state index in [9.17, 15) is 22.8 Å². The lowest BCUT2D eigenvalue weighted by atomic mass is 10.1. The lowest BCUT2D eigenvalue weighted by Crippen LogP contribution is -2.21. The smallest absolute Gasteiger partial charge is 0.434 e. The number of nitrogens with one attached hydrogen (secondary N) is 2. The number of halogens is 3. The molecule has 0 unspecified atom stereocenters. The number of carbonyl (C=O) groups excluding carboxylic acids is 1. The van der Waals surface area contributed by atoms with Crippen molar-refractivity contribution < 1.29 is 22.7 Å². The van der Waals surface area contributed by atoms with Crippen molar-refractivity contribution in [1.82, 2.24) is 19.7 Å². The van der Waals surface area contributed by atoms with Crippen molar-refractivity contribution in [1.29, 1.82) is 0 Å². The van der Waals surface area contributed by atoms with Crippen LogP contribution >= 0.6 is 0 Å². The number of ether oxygens (including phenoxy) is 1. The fraction of sp³-hybridized carbons (Fsp3) is 0.100. The van der Waals surface area contributed by atoms with E-state index in [0.29, 0.717) is 4.68 Å². The first-order valence-electron chi connectivity index (χ1n) is 8.87. The maximum Gasteiger partial charge on any atom is 0.434 e. The molecule has 4 rings (SSSR count). The summed E-state index contributed by atoms with van der Waals surface area (Å²) in [6.45, 7) is 0. The zero-order valence-corrected chi connectivity index (χ0v) is 15.9. The van der Waals surface area contributed by atoms with E-state index in [2.05, 4.69) is 20.4 Å². The Hall–Kier alpha value is -4.15. The van der Waals surface area contributed by atoms with E-state index in [4.69, 9.17) is 4.74 Å². The third-order valence-corrected chi connectivity index (χ3v) is 4.50. The quantitative estimate of drug-likeness (QED) is 0.518. The number of H-pyrrole nitrogens is 1. The lowest BCUT2D eigenvalue weighted by molar-refractivity contribution is -0.143. The summed E-state index contributed by atoms with van der Waals surface area (Å²) in [7, 11) is 1.37. The van der Waals surface area contributed by atoms with E-state index in [-0.39, 0.29) is 28.0 Å². The molecule has 11 heteroatoms. The molecule has 0 bridgehead atoms. The van der Waals surface area contributed by atoms with Crippen LogP contribution in [0.15, 0.2) is 59.8 Å². The van der Waals surface area contributed by atoms with Crippen molar-refractivity contribution in [2.75, 3.05) is 12.4 Å². The number of fused-ring (bicyclic) bond motifs is 1. The van der Waals surface area contributed by atoms with Gasteiger partial charge in [0.15, 0.2) is 5.69 Å². The van der Waals surface area contributed by atoms with Crippen LogP contribution in [-0.2, 0) is 6.18 Å². The van der Waals surface area contributed by atoms with E-state index in [1.807, 2.05) is 0 Å². The summed E-state index contributed by atoms with van der Waals surface area (Å²) in [6.07, 6.45) is -1.39. The van der Waals surface area contributed by atoms with Gasteiger partial charge in [0.2, 0.25) is 5.88 Å². The van der Waals surface area contributed by atoms with Crippen LogP contribution in [0.25, 0.3) is 16.5 Å². The SMILES string of the molecule is COc1cc(NC(=O)c2cnn(-c3cccc4c(=O)[nH]ccc34)c2C(F)(F)F)ccn1. The Morgan fingerprint density at radius 3 is 2.74 bits per heavy atom. The van der Waals surface area contributed by atoms with Crippen molar-refractivity contribution in [3.05, 3.63) is 76.6 Å². The Balaban J connectivity index is 1.83. The first-order valence-corrected chi connectivity index (χ1v) is 8.87. The van der Waals surface area contributed by atoms with Crippen LogP contribution in [0.5, 0.6) is 5.88 Å². The lowest BCUT2D eigenvalue weighted by Gasteiger charge is -2.14. The Labute approximate surface area is 172 Å². The molecule has 0 aliphatic carbocycles. The van der Waals surface area contributed by atoms with Gasteiger partial charge in [0.1, 0.15) is 0 Å². The Morgan fingerprint density at radius 2 is 2.00 bits per heavy atom. The van der Waals surface area contributed by atoms with Gasteiger partial charge in [0.05, 0.1) is 24.6 Å². The van der Waals surface area contributed by atoms with E-state index in [0.717, 1.165) is 6.20 Å². The van der Waals surface area contributed by atoms with Gasteiger partial charge in [-0.1, -0.05) is 6.07 Å². The molecule has 0 saturated carbocycles. The predicted molar refractivity (Wildman–Crippen MR) is 105 cm³/mol. The van der Waals surface area contributed by atoms with Gasteiger partial charge in [-0.05, 0) is 24.3 Å². The predicted octanol–water partition coefficient (Wildman–Crippen LogP) is 3.39. The van der Waals surface area contributed by atoms with Crippen molar-refractivity contribution in [3.63, 3.8) is 0 Å². The van der Waals surface area contributed by atoms with Gasteiger partial charge in [-0.3, -0.25) is 9.59 Å². The highest BCUT2D eigenvalue weighted by molar-refractivity contribution is 6.05. The molecule has 3 aromatic heterocycles. The number of carbonyl (C=O) groups is 1. The molecule has 0 saturated heterocycles. The minimum absolute atomic E-state index is 0.0144. The van der Waals surface area contributed by atoms with E-state index in [1.165, 1.54) is 55.9 Å². The van der Waals surface area contributed by atoms with Gasteiger partial charge < -0.3 is 15.0 Å². The number of pyridine rings is 2. The Kier molecular flexibility index (Phi) is 4.93.